The van der Waals surface area contributed by atoms with Gasteiger partial charge in [-0.1, -0.05) is 0 Å². The second-order valence-electron chi connectivity index (χ2n) is 11.6. The Morgan fingerprint density at radius 3 is 2.05 bits per heavy atom. The maximum Gasteiger partial charge on any atom is 0.323 e. The van der Waals surface area contributed by atoms with Crippen LogP contribution in [0.25, 0.3) is 0 Å². The van der Waals surface area contributed by atoms with Crippen LogP contribution in [0.15, 0.2) is 23.1 Å². The number of amides is 2. The Bertz CT molecular complexity index is 1180. The molecule has 3 aliphatic rings. The number of fused-ring (bicyclic) bond motifs is 1. The molecule has 0 saturated carbocycles. The summed E-state index contributed by atoms with van der Waals surface area (Å²) < 4.78 is 38.7. The van der Waals surface area contributed by atoms with E-state index in [-0.39, 0.29) is 35.6 Å². The minimum absolute atomic E-state index is 0.174. The summed E-state index contributed by atoms with van der Waals surface area (Å²) >= 11 is 0. The number of piperidine rings is 2. The topological polar surface area (TPSA) is 184 Å². The van der Waals surface area contributed by atoms with Gasteiger partial charge in [0.2, 0.25) is 21.8 Å². The third kappa shape index (κ3) is 10.3. The van der Waals surface area contributed by atoms with Gasteiger partial charge in [-0.3, -0.25) is 14.4 Å². The SMILES string of the molecule is O=C(CNC(=O)C(CCC1CCNCC1)CCC1CCNCC1)NCC(NS(=O)(=O)c1ccc2c(c1)OCCO2)C(=O)O. The number of carbonyl (C=O) groups is 3. The van der Waals surface area contributed by atoms with Gasteiger partial charge in [-0.15, -0.1) is 0 Å². The first-order valence-corrected chi connectivity index (χ1v) is 16.8. The van der Waals surface area contributed by atoms with Crippen LogP contribution in [-0.4, -0.2) is 89.8 Å². The second kappa shape index (κ2) is 16.2. The predicted octanol–water partition coefficient (Wildman–Crippen LogP) is 0.598. The third-order valence-corrected chi connectivity index (χ3v) is 9.95. The molecule has 240 valence electrons. The molecule has 3 aliphatic heterocycles. The smallest absolute Gasteiger partial charge is 0.323 e. The van der Waals surface area contributed by atoms with Gasteiger partial charge >= 0.3 is 5.97 Å². The van der Waals surface area contributed by atoms with Crippen LogP contribution in [0.2, 0.25) is 0 Å². The van der Waals surface area contributed by atoms with Gasteiger partial charge in [0.15, 0.2) is 11.5 Å². The Morgan fingerprint density at radius 1 is 0.884 bits per heavy atom. The van der Waals surface area contributed by atoms with Crippen molar-refractivity contribution in [3.8, 4) is 11.5 Å². The Hall–Kier alpha value is -2.94. The largest absolute Gasteiger partial charge is 0.486 e. The zero-order valence-electron chi connectivity index (χ0n) is 24.6. The summed E-state index contributed by atoms with van der Waals surface area (Å²) in [4.78, 5) is 37.3. The molecule has 0 aromatic heterocycles. The van der Waals surface area contributed by atoms with Crippen LogP contribution >= 0.6 is 0 Å². The first-order chi connectivity index (χ1) is 20.7. The number of hydrogen-bond donors (Lipinski definition) is 6. The first-order valence-electron chi connectivity index (χ1n) is 15.3. The standard InChI is InChI=1S/C29H45N5O8S/c35-27(32-18-24(29(37)38)34-43(39,40)23-5-6-25-26(17-23)42-16-15-41-25)19-33-28(36)22(3-1-20-7-11-30-12-8-20)4-2-21-9-13-31-14-10-21/h5-6,17,20-22,24,30-31,34H,1-4,7-16,18-19H2,(H,32,35)(H,33,36)(H,37,38). The lowest BCUT2D eigenvalue weighted by atomic mass is 9.84. The normalized spacial score (nSPS) is 18.6. The lowest BCUT2D eigenvalue weighted by Gasteiger charge is -2.27. The molecule has 2 amide bonds. The molecule has 43 heavy (non-hydrogen) atoms. The molecule has 13 nitrogen and oxygen atoms in total. The lowest BCUT2D eigenvalue weighted by Crippen LogP contribution is -2.50. The molecule has 1 aromatic rings. The van der Waals surface area contributed by atoms with Gasteiger partial charge in [-0.25, -0.2) is 8.42 Å². The van der Waals surface area contributed by atoms with Crippen LogP contribution in [0.5, 0.6) is 11.5 Å². The van der Waals surface area contributed by atoms with Crippen molar-refractivity contribution in [2.24, 2.45) is 17.8 Å². The lowest BCUT2D eigenvalue weighted by molar-refractivity contribution is -0.139. The van der Waals surface area contributed by atoms with Gasteiger partial charge in [-0.2, -0.15) is 4.72 Å². The summed E-state index contributed by atoms with van der Waals surface area (Å²) in [5.74, 6) is -0.594. The fourth-order valence-corrected chi connectivity index (χ4v) is 7.04. The molecule has 4 rings (SSSR count). The number of aliphatic carboxylic acids is 1. The summed E-state index contributed by atoms with van der Waals surface area (Å²) in [6.07, 6.45) is 7.91. The molecular weight excluding hydrogens is 578 g/mol. The summed E-state index contributed by atoms with van der Waals surface area (Å²) in [5.41, 5.74) is 0. The fourth-order valence-electron chi connectivity index (χ4n) is 5.84. The molecule has 1 unspecified atom stereocenters. The van der Waals surface area contributed by atoms with Crippen molar-refractivity contribution in [1.82, 2.24) is 26.0 Å². The van der Waals surface area contributed by atoms with E-state index < -0.39 is 34.5 Å². The molecule has 6 N–H and O–H groups in total. The number of hydrogen-bond acceptors (Lipinski definition) is 9. The van der Waals surface area contributed by atoms with E-state index in [2.05, 4.69) is 26.0 Å². The monoisotopic (exact) mass is 623 g/mol. The van der Waals surface area contributed by atoms with E-state index >= 15 is 0 Å². The van der Waals surface area contributed by atoms with Crippen molar-refractivity contribution in [2.75, 3.05) is 52.5 Å². The Balaban J connectivity index is 1.26. The molecule has 0 aliphatic carbocycles. The zero-order chi connectivity index (χ0) is 30.7. The number of carboxylic acids is 1. The van der Waals surface area contributed by atoms with Gasteiger partial charge in [0.05, 0.1) is 11.4 Å². The molecule has 14 heteroatoms. The van der Waals surface area contributed by atoms with Crippen molar-refractivity contribution in [3.05, 3.63) is 18.2 Å². The predicted molar refractivity (Wildman–Crippen MR) is 158 cm³/mol. The average Bonchev–Trinajstić information content (AvgIpc) is 3.02. The first kappa shape index (κ1) is 33.0. The number of benzene rings is 1. The van der Waals surface area contributed by atoms with E-state index in [0.29, 0.717) is 24.2 Å². The number of rotatable bonds is 15. The Kier molecular flexibility index (Phi) is 12.4. The van der Waals surface area contributed by atoms with Gasteiger partial charge in [0, 0.05) is 18.5 Å². The van der Waals surface area contributed by atoms with Crippen LogP contribution in [0.1, 0.15) is 51.4 Å². The van der Waals surface area contributed by atoms with E-state index in [1.165, 1.54) is 18.2 Å². The van der Waals surface area contributed by atoms with Crippen LogP contribution in [-0.2, 0) is 24.4 Å². The highest BCUT2D eigenvalue weighted by atomic mass is 32.2. The highest BCUT2D eigenvalue weighted by Crippen LogP contribution is 2.32. The molecule has 1 aromatic carbocycles. The Labute approximate surface area is 253 Å². The van der Waals surface area contributed by atoms with Crippen molar-refractivity contribution in [3.63, 3.8) is 0 Å². The number of carboxylic acid groups (broad SMARTS) is 1. The van der Waals surface area contributed by atoms with E-state index in [9.17, 15) is 27.9 Å². The quantitative estimate of drug-likeness (QED) is 0.162. The number of carbonyl (C=O) groups excluding carboxylic acids is 2. The van der Waals surface area contributed by atoms with Gasteiger partial charge in [0.25, 0.3) is 0 Å². The fraction of sp³-hybridized carbons (Fsp3) is 0.690. The van der Waals surface area contributed by atoms with E-state index in [1.54, 1.807) is 0 Å². The molecule has 0 spiro atoms. The van der Waals surface area contributed by atoms with E-state index in [1.807, 2.05) is 0 Å². The maximum atomic E-state index is 13.2. The number of nitrogens with one attached hydrogen (secondary N) is 5. The van der Waals surface area contributed by atoms with Crippen molar-refractivity contribution < 1.29 is 37.4 Å². The highest BCUT2D eigenvalue weighted by molar-refractivity contribution is 7.89. The minimum atomic E-state index is -4.25. The molecule has 0 bridgehead atoms. The summed E-state index contributed by atoms with van der Waals surface area (Å²) in [5, 5.41) is 21.5. The van der Waals surface area contributed by atoms with Crippen LogP contribution < -0.4 is 35.5 Å². The summed E-state index contributed by atoms with van der Waals surface area (Å²) in [6.45, 7) is 3.79. The molecular formula is C29H45N5O8S. The molecule has 3 heterocycles. The van der Waals surface area contributed by atoms with Gasteiger partial charge in [-0.05, 0) is 102 Å². The van der Waals surface area contributed by atoms with Crippen molar-refractivity contribution in [1.29, 1.82) is 0 Å². The van der Waals surface area contributed by atoms with E-state index in [0.717, 1.165) is 77.5 Å². The molecule has 1 atom stereocenters. The van der Waals surface area contributed by atoms with Gasteiger partial charge in [0.1, 0.15) is 19.3 Å². The van der Waals surface area contributed by atoms with Crippen LogP contribution in [0.4, 0.5) is 0 Å². The van der Waals surface area contributed by atoms with Crippen LogP contribution in [0.3, 0.4) is 0 Å². The van der Waals surface area contributed by atoms with Crippen molar-refractivity contribution in [2.45, 2.75) is 62.3 Å². The Morgan fingerprint density at radius 2 is 1.47 bits per heavy atom. The second-order valence-corrected chi connectivity index (χ2v) is 13.3. The van der Waals surface area contributed by atoms with Crippen LogP contribution in [0, 0.1) is 17.8 Å². The maximum absolute atomic E-state index is 13.2. The molecule has 0 radical (unpaired) electrons. The molecule has 2 saturated heterocycles. The summed E-state index contributed by atoms with van der Waals surface area (Å²) in [6, 6.07) is 2.36. The highest BCUT2D eigenvalue weighted by Gasteiger charge is 2.28. The average molecular weight is 624 g/mol. The summed E-state index contributed by atoms with van der Waals surface area (Å²) in [7, 11) is -4.25. The number of ether oxygens (including phenoxy) is 2. The third-order valence-electron chi connectivity index (χ3n) is 8.48. The number of sulfonamides is 1. The van der Waals surface area contributed by atoms with E-state index in [4.69, 9.17) is 9.47 Å². The van der Waals surface area contributed by atoms with Gasteiger partial charge < -0.3 is 35.8 Å². The minimum Gasteiger partial charge on any atom is -0.486 e. The van der Waals surface area contributed by atoms with Crippen molar-refractivity contribution >= 4 is 27.8 Å². The zero-order valence-corrected chi connectivity index (χ0v) is 25.4. The molecule has 2 fully saturated rings.